The van der Waals surface area contributed by atoms with Gasteiger partial charge in [0.2, 0.25) is 0 Å². The summed E-state index contributed by atoms with van der Waals surface area (Å²) in [6.45, 7) is 1.77. The van der Waals surface area contributed by atoms with Crippen molar-refractivity contribution >= 4 is 39.1 Å². The zero-order chi connectivity index (χ0) is 17.5. The number of fused-ring (bicyclic) bond motifs is 1. The van der Waals surface area contributed by atoms with E-state index in [0.29, 0.717) is 0 Å². The van der Waals surface area contributed by atoms with Gasteiger partial charge in [0, 0.05) is 12.4 Å². The third-order valence-corrected chi connectivity index (χ3v) is 4.47. The minimum Gasteiger partial charge on any atom is -0.478 e. The second kappa shape index (κ2) is 5.73. The van der Waals surface area contributed by atoms with Crippen LogP contribution >= 0.6 is 11.6 Å². The molecule has 0 radical (unpaired) electrons. The highest BCUT2D eigenvalue weighted by Gasteiger charge is 2.25. The minimum atomic E-state index is -4.25. The Morgan fingerprint density at radius 2 is 2.12 bits per heavy atom. The first-order valence-electron chi connectivity index (χ1n) is 6.51. The lowest BCUT2D eigenvalue weighted by molar-refractivity contribution is 0.0698. The first-order chi connectivity index (χ1) is 11.3. The number of carboxylic acids is 1. The van der Waals surface area contributed by atoms with E-state index in [1.807, 2.05) is 0 Å². The van der Waals surface area contributed by atoms with Crippen LogP contribution in [0.2, 0.25) is 5.02 Å². The molecule has 2 heterocycles. The molecule has 0 bridgehead atoms. The van der Waals surface area contributed by atoms with Crippen molar-refractivity contribution in [2.24, 2.45) is 0 Å². The molecule has 0 aliphatic rings. The lowest BCUT2D eigenvalue weighted by Gasteiger charge is -2.09. The highest BCUT2D eigenvalue weighted by atomic mass is 35.5. The Hall–Kier alpha value is -2.72. The molecule has 24 heavy (non-hydrogen) atoms. The fraction of sp³-hybridized carbons (Fsp3) is 0.0769. The van der Waals surface area contributed by atoms with Crippen molar-refractivity contribution < 1.29 is 18.3 Å². The molecule has 3 rings (SSSR count). The third kappa shape index (κ3) is 2.88. The highest BCUT2D eigenvalue weighted by molar-refractivity contribution is 7.92. The van der Waals surface area contributed by atoms with E-state index in [2.05, 4.69) is 19.8 Å². The van der Waals surface area contributed by atoms with Gasteiger partial charge in [0.25, 0.3) is 21.0 Å². The summed E-state index contributed by atoms with van der Waals surface area (Å²) in [5, 5.41) is 12.4. The summed E-state index contributed by atoms with van der Waals surface area (Å²) in [4.78, 5) is 19.0. The number of hydrogen-bond acceptors (Lipinski definition) is 6. The molecule has 11 heteroatoms. The van der Waals surface area contributed by atoms with Crippen LogP contribution in [0.25, 0.3) is 5.78 Å². The minimum absolute atomic E-state index is 0.0591. The molecule has 0 saturated heterocycles. The van der Waals surface area contributed by atoms with Gasteiger partial charge in [-0.15, -0.1) is 5.10 Å². The molecular weight excluding hydrogens is 358 g/mol. The van der Waals surface area contributed by atoms with Crippen molar-refractivity contribution in [2.75, 3.05) is 4.72 Å². The lowest BCUT2D eigenvalue weighted by Crippen LogP contribution is -2.17. The first-order valence-corrected chi connectivity index (χ1v) is 8.38. The number of carboxylic acid groups (broad SMARTS) is 1. The van der Waals surface area contributed by atoms with E-state index in [9.17, 15) is 13.2 Å². The number of hydrogen-bond donors (Lipinski definition) is 2. The van der Waals surface area contributed by atoms with Gasteiger partial charge in [0.1, 0.15) is 0 Å². The Kier molecular flexibility index (Phi) is 3.85. The Morgan fingerprint density at radius 1 is 1.38 bits per heavy atom. The van der Waals surface area contributed by atoms with E-state index >= 15 is 0 Å². The maximum Gasteiger partial charge on any atom is 0.337 e. The summed E-state index contributed by atoms with van der Waals surface area (Å²) in [6.07, 6.45) is 3.08. The van der Waals surface area contributed by atoms with Crippen molar-refractivity contribution in [1.29, 1.82) is 0 Å². The molecule has 9 nitrogen and oxygen atoms in total. The van der Waals surface area contributed by atoms with Gasteiger partial charge in [-0.2, -0.15) is 13.4 Å². The van der Waals surface area contributed by atoms with Crippen LogP contribution in [0.3, 0.4) is 0 Å². The number of nitrogens with one attached hydrogen (secondary N) is 1. The Morgan fingerprint density at radius 3 is 2.83 bits per heavy atom. The number of carbonyl (C=O) groups is 1. The number of aromatic nitrogens is 4. The quantitative estimate of drug-likeness (QED) is 0.716. The summed E-state index contributed by atoms with van der Waals surface area (Å²) in [5.41, 5.74) is 0.224. The van der Waals surface area contributed by atoms with Crippen molar-refractivity contribution in [3.05, 3.63) is 46.7 Å². The Balaban J connectivity index is 2.07. The van der Waals surface area contributed by atoms with Crippen LogP contribution in [0.15, 0.2) is 35.7 Å². The second-order valence-electron chi connectivity index (χ2n) is 4.84. The van der Waals surface area contributed by atoms with E-state index < -0.39 is 21.1 Å². The number of nitrogens with zero attached hydrogens (tertiary/aromatic N) is 4. The molecule has 2 aromatic heterocycles. The summed E-state index contributed by atoms with van der Waals surface area (Å²) in [6, 6.07) is 4.00. The molecule has 124 valence electrons. The number of para-hydroxylation sites is 1. The van der Waals surface area contributed by atoms with Crippen LogP contribution in [-0.4, -0.2) is 39.1 Å². The summed E-state index contributed by atoms with van der Waals surface area (Å²) in [7, 11) is -4.25. The van der Waals surface area contributed by atoms with Gasteiger partial charge >= 0.3 is 5.97 Å². The molecule has 0 fully saturated rings. The van der Waals surface area contributed by atoms with E-state index in [-0.39, 0.29) is 22.1 Å². The third-order valence-electron chi connectivity index (χ3n) is 3.02. The number of benzene rings is 1. The number of sulfonamides is 1. The summed E-state index contributed by atoms with van der Waals surface area (Å²) < 4.78 is 28.2. The molecule has 0 aliphatic carbocycles. The van der Waals surface area contributed by atoms with Crippen LogP contribution in [-0.2, 0) is 10.0 Å². The molecular formula is C13H10ClN5O4S. The number of aryl methyl sites for hydroxylation is 1. The van der Waals surface area contributed by atoms with Crippen LogP contribution in [0.5, 0.6) is 0 Å². The fourth-order valence-electron chi connectivity index (χ4n) is 1.96. The molecule has 0 spiro atoms. The first kappa shape index (κ1) is 16.1. The van der Waals surface area contributed by atoms with Crippen molar-refractivity contribution in [1.82, 2.24) is 19.6 Å². The van der Waals surface area contributed by atoms with Crippen molar-refractivity contribution in [2.45, 2.75) is 12.1 Å². The summed E-state index contributed by atoms with van der Waals surface area (Å²) >= 11 is 5.92. The van der Waals surface area contributed by atoms with Gasteiger partial charge in [-0.05, 0) is 24.6 Å². The molecule has 2 N–H and O–H groups in total. The molecule has 3 aromatic rings. The topological polar surface area (TPSA) is 127 Å². The average Bonchev–Trinajstić information content (AvgIpc) is 2.92. The normalized spacial score (nSPS) is 11.6. The highest BCUT2D eigenvalue weighted by Crippen LogP contribution is 2.28. The molecule has 0 amide bonds. The van der Waals surface area contributed by atoms with Crippen LogP contribution in [0, 0.1) is 6.92 Å². The smallest absolute Gasteiger partial charge is 0.337 e. The van der Waals surface area contributed by atoms with Gasteiger partial charge in [-0.1, -0.05) is 17.7 Å². The maximum atomic E-state index is 12.5. The van der Waals surface area contributed by atoms with Crippen molar-refractivity contribution in [3.8, 4) is 0 Å². The van der Waals surface area contributed by atoms with Crippen LogP contribution in [0.1, 0.15) is 15.9 Å². The number of aromatic carboxylic acids is 1. The van der Waals surface area contributed by atoms with E-state index in [1.165, 1.54) is 28.9 Å². The predicted octanol–water partition coefficient (Wildman–Crippen LogP) is 1.59. The number of anilines is 1. The van der Waals surface area contributed by atoms with Crippen molar-refractivity contribution in [3.63, 3.8) is 0 Å². The Bertz CT molecular complexity index is 1060. The number of halogens is 1. The molecule has 0 atom stereocenters. The molecule has 0 unspecified atom stereocenters. The zero-order valence-electron chi connectivity index (χ0n) is 12.1. The van der Waals surface area contributed by atoms with E-state index in [0.717, 1.165) is 5.56 Å². The van der Waals surface area contributed by atoms with E-state index in [1.54, 1.807) is 13.1 Å². The number of rotatable bonds is 4. The van der Waals surface area contributed by atoms with Gasteiger partial charge in [-0.3, -0.25) is 4.72 Å². The lowest BCUT2D eigenvalue weighted by atomic mass is 10.2. The van der Waals surface area contributed by atoms with Gasteiger partial charge in [0.15, 0.2) is 0 Å². The standard InChI is InChI=1S/C13H10ClN5O4S/c1-7-5-15-12-16-13(17-19(12)6-7)24(22,23)18-10-8(11(20)21)3-2-4-9(10)14/h2-6,18H,1H3,(H,20,21). The van der Waals surface area contributed by atoms with Crippen LogP contribution in [0.4, 0.5) is 5.69 Å². The molecule has 0 aliphatic heterocycles. The van der Waals surface area contributed by atoms with Crippen LogP contribution < -0.4 is 4.72 Å². The monoisotopic (exact) mass is 367 g/mol. The van der Waals surface area contributed by atoms with Gasteiger partial charge in [0.05, 0.1) is 16.3 Å². The fourth-order valence-corrected chi connectivity index (χ4v) is 3.21. The zero-order valence-corrected chi connectivity index (χ0v) is 13.7. The van der Waals surface area contributed by atoms with Gasteiger partial charge < -0.3 is 5.11 Å². The SMILES string of the molecule is Cc1cnc2nc(S(=O)(=O)Nc3c(Cl)cccc3C(=O)O)nn2c1. The van der Waals surface area contributed by atoms with E-state index in [4.69, 9.17) is 16.7 Å². The largest absolute Gasteiger partial charge is 0.478 e. The summed E-state index contributed by atoms with van der Waals surface area (Å²) in [5.74, 6) is -1.23. The Labute approximate surface area is 141 Å². The van der Waals surface area contributed by atoms with Gasteiger partial charge in [-0.25, -0.2) is 14.3 Å². The second-order valence-corrected chi connectivity index (χ2v) is 6.83. The predicted molar refractivity (Wildman–Crippen MR) is 84.7 cm³/mol. The average molecular weight is 368 g/mol. The molecule has 1 aromatic carbocycles. The molecule has 0 saturated carbocycles. The maximum absolute atomic E-state index is 12.5.